The van der Waals surface area contributed by atoms with Gasteiger partial charge in [-0.05, 0) is 23.6 Å². The third-order valence-corrected chi connectivity index (χ3v) is 4.09. The van der Waals surface area contributed by atoms with Crippen LogP contribution in [0.25, 0.3) is 0 Å². The van der Waals surface area contributed by atoms with Crippen molar-refractivity contribution in [3.05, 3.63) is 69.7 Å². The lowest BCUT2D eigenvalue weighted by Crippen LogP contribution is -2.16. The average molecular weight is 332 g/mol. The van der Waals surface area contributed by atoms with E-state index in [0.717, 1.165) is 10.0 Å². The predicted octanol–water partition coefficient (Wildman–Crippen LogP) is 4.34. The maximum atomic E-state index is 12.4. The van der Waals surface area contributed by atoms with Crippen molar-refractivity contribution in [1.82, 2.24) is 0 Å². The molecule has 20 heavy (non-hydrogen) atoms. The summed E-state index contributed by atoms with van der Waals surface area (Å²) >= 11 is 3.41. The second kappa shape index (κ2) is 6.33. The van der Waals surface area contributed by atoms with E-state index in [1.54, 1.807) is 0 Å². The monoisotopic (exact) mass is 331 g/mol. The molecule has 0 fully saturated rings. The summed E-state index contributed by atoms with van der Waals surface area (Å²) in [6, 6.07) is 15.0. The Balaban J connectivity index is 2.27. The van der Waals surface area contributed by atoms with Crippen LogP contribution in [0.3, 0.4) is 0 Å². The summed E-state index contributed by atoms with van der Waals surface area (Å²) in [5.41, 5.74) is 8.52. The van der Waals surface area contributed by atoms with Crippen LogP contribution in [-0.4, -0.2) is 5.78 Å². The number of carbonyl (C=O) groups is 1. The van der Waals surface area contributed by atoms with Crippen molar-refractivity contribution >= 4 is 21.7 Å². The van der Waals surface area contributed by atoms with Crippen LogP contribution in [-0.2, 0) is 0 Å². The molecule has 0 heterocycles. The van der Waals surface area contributed by atoms with E-state index in [0.29, 0.717) is 17.0 Å². The Morgan fingerprint density at radius 1 is 1.05 bits per heavy atom. The molecule has 0 radical (unpaired) electrons. The maximum Gasteiger partial charge on any atom is 0.194 e. The van der Waals surface area contributed by atoms with Gasteiger partial charge in [0.1, 0.15) is 0 Å². The van der Waals surface area contributed by atoms with Crippen LogP contribution in [0.2, 0.25) is 0 Å². The molecule has 1 atom stereocenters. The molecule has 0 saturated carbocycles. The molecule has 1 unspecified atom stereocenters. The SMILES string of the molecule is CC(C)C(N)c1ccc(C(=O)c2ccccc2Br)cc1. The van der Waals surface area contributed by atoms with E-state index >= 15 is 0 Å². The van der Waals surface area contributed by atoms with E-state index in [4.69, 9.17) is 5.73 Å². The smallest absolute Gasteiger partial charge is 0.194 e. The fraction of sp³-hybridized carbons (Fsp3) is 0.235. The molecule has 104 valence electrons. The summed E-state index contributed by atoms with van der Waals surface area (Å²) in [6.45, 7) is 4.18. The van der Waals surface area contributed by atoms with Crippen LogP contribution in [0, 0.1) is 5.92 Å². The van der Waals surface area contributed by atoms with E-state index in [1.165, 1.54) is 0 Å². The van der Waals surface area contributed by atoms with E-state index < -0.39 is 0 Å². The predicted molar refractivity (Wildman–Crippen MR) is 85.8 cm³/mol. The molecule has 0 aliphatic rings. The van der Waals surface area contributed by atoms with Crippen molar-refractivity contribution in [2.24, 2.45) is 11.7 Å². The lowest BCUT2D eigenvalue weighted by molar-refractivity contribution is 0.103. The van der Waals surface area contributed by atoms with Crippen molar-refractivity contribution in [1.29, 1.82) is 0 Å². The molecule has 2 N–H and O–H groups in total. The molecular formula is C17H18BrNO. The number of hydrogen-bond acceptors (Lipinski definition) is 2. The average Bonchev–Trinajstić information content (AvgIpc) is 2.46. The summed E-state index contributed by atoms with van der Waals surface area (Å²) < 4.78 is 0.813. The van der Waals surface area contributed by atoms with E-state index in [1.807, 2.05) is 48.5 Å². The van der Waals surface area contributed by atoms with Gasteiger partial charge >= 0.3 is 0 Å². The number of halogens is 1. The Bertz CT molecular complexity index is 605. The molecule has 0 aliphatic carbocycles. The van der Waals surface area contributed by atoms with Crippen molar-refractivity contribution < 1.29 is 4.79 Å². The topological polar surface area (TPSA) is 43.1 Å². The van der Waals surface area contributed by atoms with Gasteiger partial charge in [-0.3, -0.25) is 4.79 Å². The number of hydrogen-bond donors (Lipinski definition) is 1. The van der Waals surface area contributed by atoms with Crippen molar-refractivity contribution in [3.8, 4) is 0 Å². The van der Waals surface area contributed by atoms with Gasteiger partial charge in [-0.2, -0.15) is 0 Å². The number of rotatable bonds is 4. The van der Waals surface area contributed by atoms with E-state index in [-0.39, 0.29) is 11.8 Å². The fourth-order valence-corrected chi connectivity index (χ4v) is 2.51. The van der Waals surface area contributed by atoms with Crippen molar-refractivity contribution in [3.63, 3.8) is 0 Å². The van der Waals surface area contributed by atoms with Gasteiger partial charge in [0.25, 0.3) is 0 Å². The van der Waals surface area contributed by atoms with Crippen molar-refractivity contribution in [2.45, 2.75) is 19.9 Å². The first kappa shape index (κ1) is 14.9. The zero-order valence-electron chi connectivity index (χ0n) is 11.6. The molecule has 0 spiro atoms. The van der Waals surface area contributed by atoms with Gasteiger partial charge in [0.2, 0.25) is 0 Å². The quantitative estimate of drug-likeness (QED) is 0.847. The zero-order valence-corrected chi connectivity index (χ0v) is 13.2. The molecule has 2 rings (SSSR count). The zero-order chi connectivity index (χ0) is 14.7. The highest BCUT2D eigenvalue weighted by Crippen LogP contribution is 2.22. The molecule has 3 heteroatoms. The largest absolute Gasteiger partial charge is 0.324 e. The van der Waals surface area contributed by atoms with Crippen LogP contribution >= 0.6 is 15.9 Å². The highest BCUT2D eigenvalue weighted by Gasteiger charge is 2.14. The second-order valence-corrected chi connectivity index (χ2v) is 6.06. The van der Waals surface area contributed by atoms with E-state index in [2.05, 4.69) is 29.8 Å². The number of carbonyl (C=O) groups excluding carboxylic acids is 1. The fourth-order valence-electron chi connectivity index (χ4n) is 2.04. The van der Waals surface area contributed by atoms with Crippen molar-refractivity contribution in [2.75, 3.05) is 0 Å². The molecule has 0 aromatic heterocycles. The molecular weight excluding hydrogens is 314 g/mol. The number of nitrogens with two attached hydrogens (primary N) is 1. The van der Waals surface area contributed by atoms with Crippen LogP contribution in [0.5, 0.6) is 0 Å². The van der Waals surface area contributed by atoms with Gasteiger partial charge in [-0.15, -0.1) is 0 Å². The third-order valence-electron chi connectivity index (χ3n) is 3.39. The first-order valence-electron chi connectivity index (χ1n) is 6.65. The van der Waals surface area contributed by atoms with Gasteiger partial charge in [0.15, 0.2) is 5.78 Å². The lowest BCUT2D eigenvalue weighted by atomic mass is 9.95. The Morgan fingerprint density at radius 3 is 2.20 bits per heavy atom. The molecule has 0 bridgehead atoms. The molecule has 2 aromatic rings. The standard InChI is InChI=1S/C17H18BrNO/c1-11(2)16(19)12-7-9-13(10-8-12)17(20)14-5-3-4-6-15(14)18/h3-11,16H,19H2,1-2H3. The minimum Gasteiger partial charge on any atom is -0.324 e. The Labute approximate surface area is 128 Å². The van der Waals surface area contributed by atoms with Crippen LogP contribution in [0.15, 0.2) is 53.0 Å². The van der Waals surface area contributed by atoms with Gasteiger partial charge in [0, 0.05) is 21.6 Å². The minimum atomic E-state index is 0.00242. The minimum absolute atomic E-state index is 0.00242. The highest BCUT2D eigenvalue weighted by molar-refractivity contribution is 9.10. The van der Waals surface area contributed by atoms with Gasteiger partial charge in [-0.1, -0.05) is 66.2 Å². The van der Waals surface area contributed by atoms with Crippen LogP contribution in [0.4, 0.5) is 0 Å². The Hall–Kier alpha value is -1.45. The molecule has 2 aromatic carbocycles. The van der Waals surface area contributed by atoms with Gasteiger partial charge in [-0.25, -0.2) is 0 Å². The first-order valence-corrected chi connectivity index (χ1v) is 7.44. The van der Waals surface area contributed by atoms with Gasteiger partial charge in [0.05, 0.1) is 0 Å². The normalized spacial score (nSPS) is 12.4. The summed E-state index contributed by atoms with van der Waals surface area (Å²) in [6.07, 6.45) is 0. The summed E-state index contributed by atoms with van der Waals surface area (Å²) in [5, 5.41) is 0. The van der Waals surface area contributed by atoms with Crippen LogP contribution in [0.1, 0.15) is 41.4 Å². The molecule has 0 aliphatic heterocycles. The van der Waals surface area contributed by atoms with Gasteiger partial charge < -0.3 is 5.73 Å². The first-order chi connectivity index (χ1) is 9.50. The van der Waals surface area contributed by atoms with Crippen LogP contribution < -0.4 is 5.73 Å². The Kier molecular flexibility index (Phi) is 4.73. The second-order valence-electron chi connectivity index (χ2n) is 5.20. The number of benzene rings is 2. The Morgan fingerprint density at radius 2 is 1.65 bits per heavy atom. The molecule has 0 amide bonds. The highest BCUT2D eigenvalue weighted by atomic mass is 79.9. The summed E-state index contributed by atoms with van der Waals surface area (Å²) in [5.74, 6) is 0.391. The third kappa shape index (κ3) is 3.17. The summed E-state index contributed by atoms with van der Waals surface area (Å²) in [7, 11) is 0. The lowest BCUT2D eigenvalue weighted by Gasteiger charge is -2.16. The molecule has 0 saturated heterocycles. The number of ketones is 1. The van der Waals surface area contributed by atoms with E-state index in [9.17, 15) is 4.79 Å². The maximum absolute atomic E-state index is 12.4. The molecule has 2 nitrogen and oxygen atoms in total. The summed E-state index contributed by atoms with van der Waals surface area (Å²) in [4.78, 5) is 12.4.